The fourth-order valence-corrected chi connectivity index (χ4v) is 3.05. The normalized spacial score (nSPS) is 22.9. The van der Waals surface area contributed by atoms with Gasteiger partial charge >= 0.3 is 0 Å². The van der Waals surface area contributed by atoms with Gasteiger partial charge in [0.15, 0.2) is 5.65 Å². The van der Waals surface area contributed by atoms with E-state index in [-0.39, 0.29) is 0 Å². The summed E-state index contributed by atoms with van der Waals surface area (Å²) in [5.74, 6) is 2.18. The highest BCUT2D eigenvalue weighted by molar-refractivity contribution is 5.71. The van der Waals surface area contributed by atoms with Crippen molar-refractivity contribution in [1.29, 1.82) is 0 Å². The second-order valence-corrected chi connectivity index (χ2v) is 5.52. The van der Waals surface area contributed by atoms with Crippen LogP contribution in [-0.2, 0) is 0 Å². The first-order valence-corrected chi connectivity index (χ1v) is 7.38. The van der Waals surface area contributed by atoms with Crippen molar-refractivity contribution in [3.8, 4) is 0 Å². The maximum atomic E-state index is 5.88. The van der Waals surface area contributed by atoms with E-state index in [0.29, 0.717) is 17.5 Å². The summed E-state index contributed by atoms with van der Waals surface area (Å²) < 4.78 is 0. The lowest BCUT2D eigenvalue weighted by molar-refractivity contribution is 0.255. The molecule has 3 rings (SSSR count). The van der Waals surface area contributed by atoms with Crippen LogP contribution in [0.5, 0.6) is 0 Å². The van der Waals surface area contributed by atoms with Gasteiger partial charge < -0.3 is 11.1 Å². The van der Waals surface area contributed by atoms with Gasteiger partial charge in [-0.25, -0.2) is 9.97 Å². The fraction of sp³-hybridized carbons (Fsp3) is 0.533. The molecule has 0 aromatic carbocycles. The van der Waals surface area contributed by atoms with Gasteiger partial charge in [0, 0.05) is 18.9 Å². The Morgan fingerprint density at radius 2 is 1.90 bits per heavy atom. The number of nitrogens with zero attached hydrogens (tertiary/aromatic N) is 3. The van der Waals surface area contributed by atoms with Crippen LogP contribution in [0.15, 0.2) is 24.5 Å². The minimum Gasteiger partial charge on any atom is -0.370 e. The summed E-state index contributed by atoms with van der Waals surface area (Å²) in [6.07, 6.45) is 8.53. The topological polar surface area (TPSA) is 76.7 Å². The van der Waals surface area contributed by atoms with Gasteiger partial charge in [0.25, 0.3) is 0 Å². The molecule has 5 nitrogen and oxygen atoms in total. The molecule has 0 radical (unpaired) electrons. The third kappa shape index (κ3) is 2.88. The van der Waals surface area contributed by atoms with Crippen molar-refractivity contribution in [2.45, 2.75) is 25.7 Å². The highest BCUT2D eigenvalue weighted by Gasteiger charge is 2.23. The monoisotopic (exact) mass is 271 g/mol. The van der Waals surface area contributed by atoms with E-state index in [9.17, 15) is 0 Å². The first-order valence-electron chi connectivity index (χ1n) is 7.38. The Bertz CT molecular complexity index is 571. The molecule has 2 unspecified atom stereocenters. The third-order valence-corrected chi connectivity index (χ3v) is 4.25. The quantitative estimate of drug-likeness (QED) is 0.891. The Labute approximate surface area is 119 Å². The molecule has 0 amide bonds. The van der Waals surface area contributed by atoms with E-state index >= 15 is 0 Å². The van der Waals surface area contributed by atoms with Gasteiger partial charge in [-0.1, -0.05) is 12.8 Å². The molecule has 5 heteroatoms. The first kappa shape index (κ1) is 13.2. The maximum Gasteiger partial charge on any atom is 0.180 e. The molecule has 1 fully saturated rings. The lowest BCUT2D eigenvalue weighted by Gasteiger charge is -2.30. The van der Waals surface area contributed by atoms with Gasteiger partial charge in [0.05, 0.1) is 0 Å². The average molecular weight is 271 g/mol. The molecule has 0 saturated heterocycles. The van der Waals surface area contributed by atoms with Crippen LogP contribution in [-0.4, -0.2) is 28.0 Å². The number of nitrogens with one attached hydrogen (secondary N) is 1. The summed E-state index contributed by atoms with van der Waals surface area (Å²) in [5, 5.41) is 3.44. The van der Waals surface area contributed by atoms with Crippen LogP contribution in [0.3, 0.4) is 0 Å². The lowest BCUT2D eigenvalue weighted by Crippen LogP contribution is -2.31. The Kier molecular flexibility index (Phi) is 4.06. The lowest BCUT2D eigenvalue weighted by atomic mass is 9.79. The smallest absolute Gasteiger partial charge is 0.180 e. The SMILES string of the molecule is NCC1CCCCC1CNc1ccc2nccnc2n1. The summed E-state index contributed by atoms with van der Waals surface area (Å²) >= 11 is 0. The Morgan fingerprint density at radius 1 is 1.10 bits per heavy atom. The number of hydrogen-bond acceptors (Lipinski definition) is 5. The molecule has 2 aromatic heterocycles. The van der Waals surface area contributed by atoms with Crippen LogP contribution in [0.4, 0.5) is 5.82 Å². The maximum absolute atomic E-state index is 5.88. The van der Waals surface area contributed by atoms with Crippen LogP contribution in [0.2, 0.25) is 0 Å². The molecule has 20 heavy (non-hydrogen) atoms. The molecule has 106 valence electrons. The van der Waals surface area contributed by atoms with Crippen molar-refractivity contribution < 1.29 is 0 Å². The van der Waals surface area contributed by atoms with E-state index in [1.54, 1.807) is 12.4 Å². The van der Waals surface area contributed by atoms with Crippen molar-refractivity contribution >= 4 is 17.0 Å². The van der Waals surface area contributed by atoms with Crippen molar-refractivity contribution in [3.63, 3.8) is 0 Å². The van der Waals surface area contributed by atoms with Gasteiger partial charge in [-0.2, -0.15) is 0 Å². The minimum absolute atomic E-state index is 0.650. The zero-order valence-corrected chi connectivity index (χ0v) is 11.6. The summed E-state index contributed by atoms with van der Waals surface area (Å²) in [6.45, 7) is 1.74. The van der Waals surface area contributed by atoms with Crippen LogP contribution in [0.25, 0.3) is 11.2 Å². The van der Waals surface area contributed by atoms with E-state index in [1.165, 1.54) is 25.7 Å². The van der Waals surface area contributed by atoms with E-state index < -0.39 is 0 Å². The highest BCUT2D eigenvalue weighted by Crippen LogP contribution is 2.29. The zero-order valence-electron chi connectivity index (χ0n) is 11.6. The summed E-state index contributed by atoms with van der Waals surface area (Å²) in [4.78, 5) is 13.0. The number of fused-ring (bicyclic) bond motifs is 1. The van der Waals surface area contributed by atoms with Crippen LogP contribution in [0.1, 0.15) is 25.7 Å². The van der Waals surface area contributed by atoms with Crippen molar-refractivity contribution in [2.75, 3.05) is 18.4 Å². The Hall–Kier alpha value is -1.75. The fourth-order valence-electron chi connectivity index (χ4n) is 3.05. The second kappa shape index (κ2) is 6.13. The van der Waals surface area contributed by atoms with Gasteiger partial charge in [0.1, 0.15) is 11.3 Å². The molecule has 1 aliphatic carbocycles. The molecule has 0 spiro atoms. The van der Waals surface area contributed by atoms with Crippen LogP contribution in [0, 0.1) is 11.8 Å². The number of aromatic nitrogens is 3. The van der Waals surface area contributed by atoms with Crippen molar-refractivity contribution in [2.24, 2.45) is 17.6 Å². The number of pyridine rings is 1. The standard InChI is InChI=1S/C15H21N5/c16-9-11-3-1-2-4-12(11)10-19-14-6-5-13-15(20-14)18-8-7-17-13/h5-8,11-12H,1-4,9-10,16H2,(H,18,19,20). The molecule has 0 aliphatic heterocycles. The minimum atomic E-state index is 0.650. The average Bonchev–Trinajstić information content (AvgIpc) is 2.53. The molecule has 2 heterocycles. The van der Waals surface area contributed by atoms with Crippen LogP contribution < -0.4 is 11.1 Å². The number of nitrogens with two attached hydrogens (primary N) is 1. The molecule has 2 aromatic rings. The summed E-state index contributed by atoms with van der Waals surface area (Å²) in [6, 6.07) is 3.93. The molecular formula is C15H21N5. The largest absolute Gasteiger partial charge is 0.370 e. The van der Waals surface area contributed by atoms with Gasteiger partial charge in [-0.3, -0.25) is 4.98 Å². The predicted octanol–water partition coefficient (Wildman–Crippen LogP) is 2.20. The predicted molar refractivity (Wildman–Crippen MR) is 80.3 cm³/mol. The molecule has 0 bridgehead atoms. The van der Waals surface area contributed by atoms with Crippen molar-refractivity contribution in [3.05, 3.63) is 24.5 Å². The van der Waals surface area contributed by atoms with E-state index in [2.05, 4.69) is 20.3 Å². The Morgan fingerprint density at radius 3 is 2.75 bits per heavy atom. The van der Waals surface area contributed by atoms with E-state index in [1.807, 2.05) is 12.1 Å². The van der Waals surface area contributed by atoms with Crippen molar-refractivity contribution in [1.82, 2.24) is 15.0 Å². The third-order valence-electron chi connectivity index (χ3n) is 4.25. The summed E-state index contributed by atoms with van der Waals surface area (Å²) in [5.41, 5.74) is 7.40. The Balaban J connectivity index is 1.67. The number of anilines is 1. The number of rotatable bonds is 4. The second-order valence-electron chi connectivity index (χ2n) is 5.52. The van der Waals surface area contributed by atoms with E-state index in [0.717, 1.165) is 24.4 Å². The molecule has 1 saturated carbocycles. The van der Waals surface area contributed by atoms with Crippen LogP contribution >= 0.6 is 0 Å². The van der Waals surface area contributed by atoms with Gasteiger partial charge in [-0.15, -0.1) is 0 Å². The summed E-state index contributed by atoms with van der Waals surface area (Å²) in [7, 11) is 0. The van der Waals surface area contributed by atoms with Gasteiger partial charge in [-0.05, 0) is 43.4 Å². The molecular weight excluding hydrogens is 250 g/mol. The molecule has 3 N–H and O–H groups in total. The van der Waals surface area contributed by atoms with Gasteiger partial charge in [0.2, 0.25) is 0 Å². The molecule has 2 atom stereocenters. The first-order chi connectivity index (χ1) is 9.86. The highest BCUT2D eigenvalue weighted by atomic mass is 15.0. The zero-order chi connectivity index (χ0) is 13.8. The molecule has 1 aliphatic rings. The van der Waals surface area contributed by atoms with E-state index in [4.69, 9.17) is 5.73 Å². The number of hydrogen-bond donors (Lipinski definition) is 2.